The predicted molar refractivity (Wildman–Crippen MR) is 77.9 cm³/mol. The van der Waals surface area contributed by atoms with Crippen LogP contribution in [0.4, 0.5) is 0 Å². The first kappa shape index (κ1) is 14.9. The third-order valence-electron chi connectivity index (χ3n) is 2.97. The Morgan fingerprint density at radius 1 is 1.05 bits per heavy atom. The molecule has 3 nitrogen and oxygen atoms in total. The van der Waals surface area contributed by atoms with Crippen molar-refractivity contribution in [1.82, 2.24) is 0 Å². The van der Waals surface area contributed by atoms with Gasteiger partial charge in [0.05, 0.1) is 7.11 Å². The van der Waals surface area contributed by atoms with Gasteiger partial charge in [-0.2, -0.15) is 0 Å². The molecule has 20 heavy (non-hydrogen) atoms. The molecule has 0 aliphatic carbocycles. The zero-order valence-corrected chi connectivity index (χ0v) is 12.2. The molecule has 0 bridgehead atoms. The molecule has 1 N–H and O–H groups in total. The van der Waals surface area contributed by atoms with Crippen LogP contribution >= 0.6 is 23.2 Å². The number of hydrogen-bond acceptors (Lipinski definition) is 3. The molecule has 0 unspecified atom stereocenters. The van der Waals surface area contributed by atoms with Gasteiger partial charge in [-0.15, -0.1) is 0 Å². The highest BCUT2D eigenvalue weighted by Crippen LogP contribution is 2.33. The lowest BCUT2D eigenvalue weighted by Gasteiger charge is -2.26. The average molecular weight is 311 g/mol. The van der Waals surface area contributed by atoms with E-state index in [0.717, 1.165) is 0 Å². The monoisotopic (exact) mass is 310 g/mol. The number of methoxy groups -OCH3 is 1. The largest absolute Gasteiger partial charge is 0.466 e. The average Bonchev–Trinajstić information content (AvgIpc) is 2.45. The maximum atomic E-state index is 12.1. The van der Waals surface area contributed by atoms with Crippen molar-refractivity contribution in [1.29, 1.82) is 0 Å². The Kier molecular flexibility index (Phi) is 4.33. The highest BCUT2D eigenvalue weighted by molar-refractivity contribution is 6.31. The fraction of sp³-hybridized carbons (Fsp3) is 0.133. The molecule has 0 spiro atoms. The van der Waals surface area contributed by atoms with Gasteiger partial charge in [-0.1, -0.05) is 47.5 Å². The highest BCUT2D eigenvalue weighted by atomic mass is 35.5. The lowest BCUT2D eigenvalue weighted by molar-refractivity contribution is -0.158. The molecule has 0 fully saturated rings. The van der Waals surface area contributed by atoms with Crippen LogP contribution in [0.15, 0.2) is 48.5 Å². The van der Waals surface area contributed by atoms with Crippen molar-refractivity contribution in [3.63, 3.8) is 0 Å². The fourth-order valence-corrected chi connectivity index (χ4v) is 2.36. The quantitative estimate of drug-likeness (QED) is 0.884. The molecule has 2 aromatic carbocycles. The van der Waals surface area contributed by atoms with E-state index >= 15 is 0 Å². The number of aliphatic hydroxyl groups is 1. The van der Waals surface area contributed by atoms with Crippen molar-refractivity contribution < 1.29 is 14.6 Å². The first-order valence-corrected chi connectivity index (χ1v) is 6.57. The Morgan fingerprint density at radius 2 is 1.50 bits per heavy atom. The van der Waals surface area contributed by atoms with Crippen molar-refractivity contribution in [3.8, 4) is 0 Å². The molecule has 0 heterocycles. The van der Waals surface area contributed by atoms with Crippen molar-refractivity contribution >= 4 is 29.2 Å². The molecule has 0 aliphatic rings. The molecule has 0 aliphatic heterocycles. The Balaban J connectivity index is 2.65. The summed E-state index contributed by atoms with van der Waals surface area (Å²) >= 11 is 11.9. The minimum Gasteiger partial charge on any atom is -0.466 e. The third kappa shape index (κ3) is 2.66. The Labute approximate surface area is 126 Å². The maximum Gasteiger partial charge on any atom is 0.347 e. The number of carbonyl (C=O) groups is 1. The molecule has 0 amide bonds. The van der Waals surface area contributed by atoms with Crippen molar-refractivity contribution in [2.75, 3.05) is 7.11 Å². The molecule has 5 heteroatoms. The topological polar surface area (TPSA) is 46.5 Å². The fourth-order valence-electron chi connectivity index (χ4n) is 1.98. The molecule has 2 aromatic rings. The van der Waals surface area contributed by atoms with Gasteiger partial charge in [0.2, 0.25) is 5.60 Å². The van der Waals surface area contributed by atoms with Gasteiger partial charge in [0.1, 0.15) is 0 Å². The molecule has 2 rings (SSSR count). The van der Waals surface area contributed by atoms with Gasteiger partial charge in [-0.05, 0) is 24.3 Å². The zero-order chi connectivity index (χ0) is 14.8. The molecule has 0 radical (unpaired) electrons. The first-order valence-electron chi connectivity index (χ1n) is 5.81. The third-order valence-corrected chi connectivity index (χ3v) is 3.44. The second kappa shape index (κ2) is 5.83. The second-order valence-corrected chi connectivity index (χ2v) is 5.10. The van der Waals surface area contributed by atoms with E-state index in [0.29, 0.717) is 21.2 Å². The first-order chi connectivity index (χ1) is 9.48. The summed E-state index contributed by atoms with van der Waals surface area (Å²) in [7, 11) is 1.21. The summed E-state index contributed by atoms with van der Waals surface area (Å²) in [6.07, 6.45) is 0. The van der Waals surface area contributed by atoms with Crippen molar-refractivity contribution in [2.24, 2.45) is 0 Å². The van der Waals surface area contributed by atoms with E-state index < -0.39 is 11.6 Å². The zero-order valence-electron chi connectivity index (χ0n) is 10.6. The predicted octanol–water partition coefficient (Wildman–Crippen LogP) is 3.40. The smallest absolute Gasteiger partial charge is 0.347 e. The molecular weight excluding hydrogens is 299 g/mol. The minimum atomic E-state index is -1.95. The van der Waals surface area contributed by atoms with E-state index in [1.807, 2.05) is 0 Å². The standard InChI is InChI=1S/C15H12Cl2O3/c1-20-14(18)15(19,10-4-2-6-12(16)8-10)11-5-3-7-13(17)9-11/h2-9,19H,1H3. The normalized spacial score (nSPS) is 11.2. The number of carbonyl (C=O) groups excluding carboxylic acids is 1. The van der Waals surface area contributed by atoms with Gasteiger partial charge in [0.25, 0.3) is 0 Å². The van der Waals surface area contributed by atoms with E-state index in [9.17, 15) is 9.90 Å². The summed E-state index contributed by atoms with van der Waals surface area (Å²) in [5.41, 5.74) is -1.32. The van der Waals surface area contributed by atoms with Crippen LogP contribution in [0.2, 0.25) is 10.0 Å². The van der Waals surface area contributed by atoms with E-state index in [-0.39, 0.29) is 0 Å². The van der Waals surface area contributed by atoms with Gasteiger partial charge < -0.3 is 9.84 Å². The van der Waals surface area contributed by atoms with E-state index in [4.69, 9.17) is 27.9 Å². The van der Waals surface area contributed by atoms with E-state index in [1.165, 1.54) is 19.2 Å². The van der Waals surface area contributed by atoms with Crippen LogP contribution in [-0.4, -0.2) is 18.2 Å². The van der Waals surface area contributed by atoms with Crippen LogP contribution in [-0.2, 0) is 15.1 Å². The molecule has 0 atom stereocenters. The van der Waals surface area contributed by atoms with Crippen LogP contribution in [0, 0.1) is 0 Å². The molecule has 0 saturated heterocycles. The summed E-state index contributed by atoms with van der Waals surface area (Å²) in [5.74, 6) is -0.804. The minimum absolute atomic E-state index is 0.319. The van der Waals surface area contributed by atoms with E-state index in [1.54, 1.807) is 36.4 Å². The molecule has 0 saturated carbocycles. The van der Waals surface area contributed by atoms with Gasteiger partial charge in [-0.3, -0.25) is 0 Å². The molecule has 0 aromatic heterocycles. The summed E-state index contributed by atoms with van der Waals surface area (Å²) in [6.45, 7) is 0. The number of benzene rings is 2. The Morgan fingerprint density at radius 3 is 1.85 bits per heavy atom. The molecular formula is C15H12Cl2O3. The maximum absolute atomic E-state index is 12.1. The van der Waals surface area contributed by atoms with Gasteiger partial charge in [0.15, 0.2) is 0 Å². The van der Waals surface area contributed by atoms with E-state index in [2.05, 4.69) is 0 Å². The lowest BCUT2D eigenvalue weighted by atomic mass is 9.86. The number of ether oxygens (including phenoxy) is 1. The number of hydrogen-bond donors (Lipinski definition) is 1. The molecule has 104 valence electrons. The van der Waals surface area contributed by atoms with Gasteiger partial charge in [0, 0.05) is 21.2 Å². The van der Waals surface area contributed by atoms with Crippen molar-refractivity contribution in [3.05, 3.63) is 69.7 Å². The van der Waals surface area contributed by atoms with Crippen LogP contribution in [0.3, 0.4) is 0 Å². The second-order valence-electron chi connectivity index (χ2n) is 4.22. The van der Waals surface area contributed by atoms with Crippen LogP contribution < -0.4 is 0 Å². The van der Waals surface area contributed by atoms with Gasteiger partial charge in [-0.25, -0.2) is 4.79 Å². The van der Waals surface area contributed by atoms with Crippen molar-refractivity contribution in [2.45, 2.75) is 5.60 Å². The van der Waals surface area contributed by atoms with Crippen LogP contribution in [0.1, 0.15) is 11.1 Å². The Bertz CT molecular complexity index is 595. The number of halogens is 2. The van der Waals surface area contributed by atoms with Crippen LogP contribution in [0.5, 0.6) is 0 Å². The Hall–Kier alpha value is -1.55. The summed E-state index contributed by atoms with van der Waals surface area (Å²) in [6, 6.07) is 12.8. The lowest BCUT2D eigenvalue weighted by Crippen LogP contribution is -2.38. The van der Waals surface area contributed by atoms with Crippen LogP contribution in [0.25, 0.3) is 0 Å². The highest BCUT2D eigenvalue weighted by Gasteiger charge is 2.41. The number of rotatable bonds is 3. The van der Waals surface area contributed by atoms with Gasteiger partial charge >= 0.3 is 5.97 Å². The number of esters is 1. The summed E-state index contributed by atoms with van der Waals surface area (Å²) in [5, 5.41) is 11.7. The summed E-state index contributed by atoms with van der Waals surface area (Å²) in [4.78, 5) is 12.1. The SMILES string of the molecule is COC(=O)C(O)(c1cccc(Cl)c1)c1cccc(Cl)c1. The summed E-state index contributed by atoms with van der Waals surface area (Å²) < 4.78 is 4.73.